The Kier molecular flexibility index (Phi) is 3.94. The standard InChI is InChI=1S/C19H23N5O2/c1-12-4-5-15(9-17(12)23-7-6-20-19(23)26)18(25)22-10-16(11-22)24-14(3)8-13(2)21-24/h4-5,8-9,16H,6-7,10-11H2,1-3H3,(H,20,26). The van der Waals surface area contributed by atoms with Crippen LogP contribution in [0.3, 0.4) is 0 Å². The van der Waals surface area contributed by atoms with E-state index in [0.29, 0.717) is 31.7 Å². The highest BCUT2D eigenvalue weighted by atomic mass is 16.2. The molecule has 1 aromatic carbocycles. The Balaban J connectivity index is 1.49. The molecule has 1 aromatic heterocycles. The molecule has 2 aromatic rings. The minimum absolute atomic E-state index is 0.00337. The van der Waals surface area contributed by atoms with Crippen LogP contribution in [0.5, 0.6) is 0 Å². The summed E-state index contributed by atoms with van der Waals surface area (Å²) >= 11 is 0. The maximum absolute atomic E-state index is 12.8. The van der Waals surface area contributed by atoms with E-state index in [-0.39, 0.29) is 18.0 Å². The van der Waals surface area contributed by atoms with E-state index >= 15 is 0 Å². The van der Waals surface area contributed by atoms with E-state index < -0.39 is 0 Å². The molecule has 2 saturated heterocycles. The van der Waals surface area contributed by atoms with Crippen molar-refractivity contribution in [3.8, 4) is 0 Å². The number of hydrogen-bond donors (Lipinski definition) is 1. The number of nitrogens with one attached hydrogen (secondary N) is 1. The highest BCUT2D eigenvalue weighted by Crippen LogP contribution is 2.28. The summed E-state index contributed by atoms with van der Waals surface area (Å²) in [4.78, 5) is 28.3. The number of amides is 3. The molecule has 7 heteroatoms. The third kappa shape index (κ3) is 2.73. The Morgan fingerprint density at radius 1 is 1.19 bits per heavy atom. The van der Waals surface area contributed by atoms with Crippen molar-refractivity contribution >= 4 is 17.6 Å². The van der Waals surface area contributed by atoms with Gasteiger partial charge < -0.3 is 10.2 Å². The van der Waals surface area contributed by atoms with Gasteiger partial charge in [-0.25, -0.2) is 4.79 Å². The van der Waals surface area contributed by atoms with E-state index in [1.165, 1.54) is 0 Å². The molecule has 3 heterocycles. The molecule has 0 spiro atoms. The van der Waals surface area contributed by atoms with Gasteiger partial charge in [0, 0.05) is 43.1 Å². The van der Waals surface area contributed by atoms with Crippen molar-refractivity contribution in [2.75, 3.05) is 31.1 Å². The van der Waals surface area contributed by atoms with Gasteiger partial charge in [0.1, 0.15) is 0 Å². The number of hydrogen-bond acceptors (Lipinski definition) is 3. The van der Waals surface area contributed by atoms with Gasteiger partial charge in [-0.05, 0) is 44.5 Å². The van der Waals surface area contributed by atoms with E-state index in [1.54, 1.807) is 4.90 Å². The predicted molar refractivity (Wildman–Crippen MR) is 98.6 cm³/mol. The van der Waals surface area contributed by atoms with Crippen LogP contribution in [0.25, 0.3) is 0 Å². The number of carbonyl (C=O) groups is 2. The molecule has 0 radical (unpaired) electrons. The molecule has 7 nitrogen and oxygen atoms in total. The molecule has 1 N–H and O–H groups in total. The highest BCUT2D eigenvalue weighted by Gasteiger charge is 2.34. The van der Waals surface area contributed by atoms with Crippen molar-refractivity contribution in [1.29, 1.82) is 0 Å². The molecule has 2 aliphatic heterocycles. The fraction of sp³-hybridized carbons (Fsp3) is 0.421. The summed E-state index contributed by atoms with van der Waals surface area (Å²) in [6.45, 7) is 8.55. The van der Waals surface area contributed by atoms with Crippen molar-refractivity contribution in [1.82, 2.24) is 20.0 Å². The Bertz CT molecular complexity index is 882. The second kappa shape index (κ2) is 6.16. The van der Waals surface area contributed by atoms with Crippen LogP contribution in [-0.4, -0.2) is 52.8 Å². The fourth-order valence-corrected chi connectivity index (χ4v) is 3.71. The minimum atomic E-state index is -0.105. The van der Waals surface area contributed by atoms with Crippen molar-refractivity contribution in [3.63, 3.8) is 0 Å². The first-order valence-corrected chi connectivity index (χ1v) is 8.92. The second-order valence-corrected chi connectivity index (χ2v) is 7.12. The first-order chi connectivity index (χ1) is 12.4. The monoisotopic (exact) mass is 353 g/mol. The number of anilines is 1. The summed E-state index contributed by atoms with van der Waals surface area (Å²) in [5.41, 5.74) is 4.54. The van der Waals surface area contributed by atoms with Crippen LogP contribution in [0.2, 0.25) is 0 Å². The van der Waals surface area contributed by atoms with Gasteiger partial charge in [0.15, 0.2) is 0 Å². The summed E-state index contributed by atoms with van der Waals surface area (Å²) in [6, 6.07) is 7.77. The lowest BCUT2D eigenvalue weighted by molar-refractivity contribution is 0.0497. The molecule has 3 amide bonds. The number of nitrogens with zero attached hydrogens (tertiary/aromatic N) is 4. The predicted octanol–water partition coefficient (Wildman–Crippen LogP) is 2.04. The van der Waals surface area contributed by atoms with Crippen LogP contribution in [0.4, 0.5) is 10.5 Å². The maximum Gasteiger partial charge on any atom is 0.322 e. The molecule has 0 saturated carbocycles. The van der Waals surface area contributed by atoms with E-state index in [0.717, 1.165) is 22.6 Å². The van der Waals surface area contributed by atoms with Gasteiger partial charge in [-0.2, -0.15) is 5.10 Å². The summed E-state index contributed by atoms with van der Waals surface area (Å²) in [7, 11) is 0. The quantitative estimate of drug-likeness (QED) is 0.918. The van der Waals surface area contributed by atoms with Gasteiger partial charge in [-0.1, -0.05) is 6.07 Å². The average Bonchev–Trinajstić information content (AvgIpc) is 3.12. The number of rotatable bonds is 3. The van der Waals surface area contributed by atoms with Crippen molar-refractivity contribution < 1.29 is 9.59 Å². The number of likely N-dealkylation sites (tertiary alicyclic amines) is 1. The lowest BCUT2D eigenvalue weighted by Gasteiger charge is -2.40. The van der Waals surface area contributed by atoms with E-state index in [2.05, 4.69) is 16.5 Å². The van der Waals surface area contributed by atoms with Crippen molar-refractivity contribution in [2.45, 2.75) is 26.8 Å². The first kappa shape index (κ1) is 16.6. The molecule has 0 atom stereocenters. The topological polar surface area (TPSA) is 70.5 Å². The van der Waals surface area contributed by atoms with Crippen LogP contribution in [0.15, 0.2) is 24.3 Å². The summed E-state index contributed by atoms with van der Waals surface area (Å²) in [6.07, 6.45) is 0. The highest BCUT2D eigenvalue weighted by molar-refractivity contribution is 5.99. The molecule has 136 valence electrons. The van der Waals surface area contributed by atoms with Gasteiger partial charge in [0.25, 0.3) is 5.91 Å². The van der Waals surface area contributed by atoms with Crippen molar-refractivity contribution in [3.05, 3.63) is 46.8 Å². The second-order valence-electron chi connectivity index (χ2n) is 7.12. The maximum atomic E-state index is 12.8. The zero-order valence-electron chi connectivity index (χ0n) is 15.3. The smallest absolute Gasteiger partial charge is 0.322 e. The molecular weight excluding hydrogens is 330 g/mol. The van der Waals surface area contributed by atoms with Gasteiger partial charge in [0.2, 0.25) is 0 Å². The summed E-state index contributed by atoms with van der Waals surface area (Å²) < 4.78 is 2.01. The number of urea groups is 1. The molecule has 2 aliphatic rings. The number of aryl methyl sites for hydroxylation is 3. The third-order valence-electron chi connectivity index (χ3n) is 5.14. The van der Waals surface area contributed by atoms with Gasteiger partial charge in [-0.15, -0.1) is 0 Å². The van der Waals surface area contributed by atoms with E-state index in [4.69, 9.17) is 0 Å². The van der Waals surface area contributed by atoms with Crippen LogP contribution < -0.4 is 10.2 Å². The lowest BCUT2D eigenvalue weighted by atomic mass is 10.0. The summed E-state index contributed by atoms with van der Waals surface area (Å²) in [5, 5.41) is 7.31. The molecule has 0 bridgehead atoms. The zero-order chi connectivity index (χ0) is 18.4. The van der Waals surface area contributed by atoms with Crippen LogP contribution in [0, 0.1) is 20.8 Å². The van der Waals surface area contributed by atoms with Gasteiger partial charge >= 0.3 is 6.03 Å². The molecule has 4 rings (SSSR count). The Morgan fingerprint density at radius 3 is 2.58 bits per heavy atom. The minimum Gasteiger partial charge on any atom is -0.336 e. The molecular formula is C19H23N5O2. The van der Waals surface area contributed by atoms with E-state index in [9.17, 15) is 9.59 Å². The fourth-order valence-electron chi connectivity index (χ4n) is 3.71. The van der Waals surface area contributed by atoms with Gasteiger partial charge in [-0.3, -0.25) is 14.4 Å². The zero-order valence-corrected chi connectivity index (χ0v) is 15.3. The number of aromatic nitrogens is 2. The number of carbonyl (C=O) groups excluding carboxylic acids is 2. The Hall–Kier alpha value is -2.83. The SMILES string of the molecule is Cc1cc(C)n(C2CN(C(=O)c3ccc(C)c(N4CCNC4=O)c3)C2)n1. The number of benzene rings is 1. The van der Waals surface area contributed by atoms with Crippen LogP contribution in [0.1, 0.15) is 33.4 Å². The Labute approximate surface area is 152 Å². The van der Waals surface area contributed by atoms with Crippen LogP contribution >= 0.6 is 0 Å². The van der Waals surface area contributed by atoms with Crippen molar-refractivity contribution in [2.24, 2.45) is 0 Å². The Morgan fingerprint density at radius 2 is 1.96 bits per heavy atom. The normalized spacial score (nSPS) is 17.4. The molecule has 0 unspecified atom stereocenters. The van der Waals surface area contributed by atoms with Crippen LogP contribution in [-0.2, 0) is 0 Å². The molecule has 2 fully saturated rings. The average molecular weight is 353 g/mol. The lowest BCUT2D eigenvalue weighted by Crippen LogP contribution is -2.51. The molecule has 26 heavy (non-hydrogen) atoms. The van der Waals surface area contributed by atoms with Gasteiger partial charge in [0.05, 0.1) is 11.7 Å². The first-order valence-electron chi connectivity index (χ1n) is 8.92. The third-order valence-corrected chi connectivity index (χ3v) is 5.14. The molecule has 0 aliphatic carbocycles. The van der Waals surface area contributed by atoms with E-state index in [1.807, 2.05) is 48.6 Å². The largest absolute Gasteiger partial charge is 0.336 e. The summed E-state index contributed by atoms with van der Waals surface area (Å²) in [5.74, 6) is 0.00337.